The predicted octanol–water partition coefficient (Wildman–Crippen LogP) is 6.66. The number of imidazole rings is 1. The van der Waals surface area contributed by atoms with E-state index in [1.807, 2.05) is 36.7 Å². The van der Waals surface area contributed by atoms with E-state index in [-0.39, 0.29) is 31.1 Å². The van der Waals surface area contributed by atoms with Crippen LogP contribution in [0.4, 0.5) is 16.3 Å². The minimum absolute atomic E-state index is 0.0138. The normalized spacial score (nSPS) is 11.9. The van der Waals surface area contributed by atoms with Gasteiger partial charge in [0.2, 0.25) is 6.29 Å². The first kappa shape index (κ1) is 40.0. The summed E-state index contributed by atoms with van der Waals surface area (Å²) in [6, 6.07) is 17.6. The molecule has 2 aromatic heterocycles. The minimum atomic E-state index is -1.04. The van der Waals surface area contributed by atoms with Crippen molar-refractivity contribution in [3.63, 3.8) is 0 Å². The van der Waals surface area contributed by atoms with Crippen molar-refractivity contribution in [2.24, 2.45) is 17.8 Å². The minimum Gasteiger partial charge on any atom is -0.448 e. The molecule has 0 saturated heterocycles. The highest BCUT2D eigenvalue weighted by Gasteiger charge is 2.23. The Labute approximate surface area is 309 Å². The number of nitrogens with one attached hydrogen (secondary N) is 1. The van der Waals surface area contributed by atoms with Crippen LogP contribution >= 0.6 is 0 Å². The summed E-state index contributed by atoms with van der Waals surface area (Å²) in [4.78, 5) is 64.8. The average Bonchev–Trinajstić information content (AvgIpc) is 3.47. The largest absolute Gasteiger partial charge is 0.448 e. The summed E-state index contributed by atoms with van der Waals surface area (Å²) in [5.74, 6) is -0.251. The molecule has 3 N–H and O–H groups in total. The Morgan fingerprint density at radius 1 is 0.906 bits per heavy atom. The van der Waals surface area contributed by atoms with Crippen molar-refractivity contribution in [3.05, 3.63) is 83.8 Å². The summed E-state index contributed by atoms with van der Waals surface area (Å²) in [5, 5.41) is 3.34. The number of esters is 2. The first-order valence-corrected chi connectivity index (χ1v) is 18.0. The topological polar surface area (TPSA) is 180 Å². The van der Waals surface area contributed by atoms with E-state index in [1.54, 1.807) is 48.7 Å². The summed E-state index contributed by atoms with van der Waals surface area (Å²) >= 11 is 0. The van der Waals surface area contributed by atoms with Gasteiger partial charge in [0.05, 0.1) is 30.6 Å². The van der Waals surface area contributed by atoms with E-state index in [0.29, 0.717) is 42.0 Å². The van der Waals surface area contributed by atoms with E-state index < -0.39 is 24.3 Å². The van der Waals surface area contributed by atoms with Crippen LogP contribution in [-0.4, -0.2) is 63.8 Å². The Kier molecular flexibility index (Phi) is 15.3. The summed E-state index contributed by atoms with van der Waals surface area (Å²) in [6.07, 6.45) is 5.45. The van der Waals surface area contributed by atoms with Crippen molar-refractivity contribution in [2.75, 3.05) is 23.4 Å². The highest BCUT2D eigenvalue weighted by atomic mass is 16.7. The molecule has 0 fully saturated rings. The van der Waals surface area contributed by atoms with Crippen molar-refractivity contribution in [3.8, 4) is 0 Å². The van der Waals surface area contributed by atoms with Gasteiger partial charge < -0.3 is 29.8 Å². The number of nitrogens with two attached hydrogens (primary N) is 1. The Hall–Kier alpha value is -5.79. The SMILES string of the molecule is CCCCCCOC(=O)/N=C(/N)c1ccc(NCc2nc3cc(C(=O)N(CCC(=O)OC(C)OC(=O)CCCC)c4ccccn4)ccc3n2C)cc1. The monoisotopic (exact) mass is 727 g/mol. The molecule has 2 aromatic carbocycles. The number of hydrogen-bond acceptors (Lipinski definition) is 10. The molecule has 4 rings (SSSR count). The number of amidine groups is 1. The van der Waals surface area contributed by atoms with Crippen LogP contribution in [0.5, 0.6) is 0 Å². The zero-order chi connectivity index (χ0) is 38.2. The molecular formula is C39H49N7O7. The third kappa shape index (κ3) is 12.2. The van der Waals surface area contributed by atoms with Gasteiger partial charge in [-0.1, -0.05) is 45.6 Å². The van der Waals surface area contributed by atoms with Crippen LogP contribution in [0.25, 0.3) is 11.0 Å². The molecule has 0 spiro atoms. The van der Waals surface area contributed by atoms with Gasteiger partial charge in [0, 0.05) is 49.9 Å². The molecule has 0 bridgehead atoms. The summed E-state index contributed by atoms with van der Waals surface area (Å²) in [5.41, 5.74) is 9.23. The maximum atomic E-state index is 13.9. The summed E-state index contributed by atoms with van der Waals surface area (Å²) in [6.45, 7) is 6.26. The maximum Gasteiger partial charge on any atom is 0.435 e. The molecule has 4 aromatic rings. The van der Waals surface area contributed by atoms with Crippen molar-refractivity contribution in [1.29, 1.82) is 0 Å². The van der Waals surface area contributed by atoms with Gasteiger partial charge in [-0.15, -0.1) is 0 Å². The van der Waals surface area contributed by atoms with Gasteiger partial charge in [0.25, 0.3) is 5.91 Å². The second-order valence-electron chi connectivity index (χ2n) is 12.4. The molecule has 14 heteroatoms. The number of aliphatic imine (C=N–C) groups is 1. The predicted molar refractivity (Wildman–Crippen MR) is 202 cm³/mol. The highest BCUT2D eigenvalue weighted by Crippen LogP contribution is 2.22. The van der Waals surface area contributed by atoms with E-state index >= 15 is 0 Å². The fourth-order valence-electron chi connectivity index (χ4n) is 5.39. The van der Waals surface area contributed by atoms with Gasteiger partial charge in [-0.25, -0.2) is 14.8 Å². The lowest BCUT2D eigenvalue weighted by Crippen LogP contribution is -2.34. The molecule has 0 aliphatic carbocycles. The van der Waals surface area contributed by atoms with Crippen molar-refractivity contribution in [1.82, 2.24) is 14.5 Å². The van der Waals surface area contributed by atoms with Gasteiger partial charge in [0.15, 0.2) is 0 Å². The van der Waals surface area contributed by atoms with Crippen LogP contribution in [0.2, 0.25) is 0 Å². The van der Waals surface area contributed by atoms with Crippen LogP contribution < -0.4 is 16.0 Å². The van der Waals surface area contributed by atoms with Gasteiger partial charge >= 0.3 is 18.0 Å². The van der Waals surface area contributed by atoms with Crippen LogP contribution in [0.1, 0.15) is 93.9 Å². The smallest absolute Gasteiger partial charge is 0.435 e. The van der Waals surface area contributed by atoms with Crippen molar-refractivity contribution in [2.45, 2.75) is 85.0 Å². The third-order valence-corrected chi connectivity index (χ3v) is 8.33. The van der Waals surface area contributed by atoms with Crippen molar-refractivity contribution >= 4 is 52.3 Å². The zero-order valence-corrected chi connectivity index (χ0v) is 30.9. The lowest BCUT2D eigenvalue weighted by Gasteiger charge is -2.22. The number of aryl methyl sites for hydroxylation is 1. The first-order chi connectivity index (χ1) is 25.6. The molecule has 282 valence electrons. The molecular weight excluding hydrogens is 678 g/mol. The number of ether oxygens (including phenoxy) is 3. The zero-order valence-electron chi connectivity index (χ0n) is 30.9. The molecule has 1 unspecified atom stereocenters. The van der Waals surface area contributed by atoms with Gasteiger partial charge in [-0.05, 0) is 67.4 Å². The van der Waals surface area contributed by atoms with E-state index in [0.717, 1.165) is 49.1 Å². The molecule has 0 aliphatic heterocycles. The quantitative estimate of drug-likeness (QED) is 0.0347. The Bertz CT molecular complexity index is 1860. The molecule has 2 heterocycles. The third-order valence-electron chi connectivity index (χ3n) is 8.33. The van der Waals surface area contributed by atoms with E-state index in [2.05, 4.69) is 22.2 Å². The molecule has 14 nitrogen and oxygen atoms in total. The number of unbranched alkanes of at least 4 members (excludes halogenated alkanes) is 4. The van der Waals surface area contributed by atoms with Crippen LogP contribution in [-0.2, 0) is 37.4 Å². The Morgan fingerprint density at radius 2 is 1.62 bits per heavy atom. The molecule has 2 amide bonds. The highest BCUT2D eigenvalue weighted by molar-refractivity contribution is 6.07. The van der Waals surface area contributed by atoms with Crippen LogP contribution in [0.15, 0.2) is 71.9 Å². The van der Waals surface area contributed by atoms with E-state index in [9.17, 15) is 19.2 Å². The maximum absolute atomic E-state index is 13.9. The lowest BCUT2D eigenvalue weighted by atomic mass is 10.1. The molecule has 1 atom stereocenters. The number of aromatic nitrogens is 3. The number of anilines is 2. The Balaban J connectivity index is 1.38. The molecule has 0 radical (unpaired) electrons. The van der Waals surface area contributed by atoms with Crippen LogP contribution in [0.3, 0.4) is 0 Å². The number of hydrogen-bond donors (Lipinski definition) is 2. The second kappa shape index (κ2) is 20.3. The van der Waals surface area contributed by atoms with Gasteiger partial charge in [-0.2, -0.15) is 4.99 Å². The number of carbonyl (C=O) groups is 4. The van der Waals surface area contributed by atoms with E-state index in [4.69, 9.17) is 24.9 Å². The second-order valence-corrected chi connectivity index (χ2v) is 12.4. The molecule has 0 saturated carbocycles. The molecule has 0 aliphatic rings. The number of amides is 2. The number of carbonyl (C=O) groups excluding carboxylic acids is 4. The fraction of sp³-hybridized carbons (Fsp3) is 0.410. The summed E-state index contributed by atoms with van der Waals surface area (Å²) in [7, 11) is 1.89. The van der Waals surface area contributed by atoms with Crippen LogP contribution in [0, 0.1) is 0 Å². The number of benzene rings is 2. The number of pyridine rings is 1. The molecule has 53 heavy (non-hydrogen) atoms. The Morgan fingerprint density at radius 3 is 2.32 bits per heavy atom. The number of nitrogens with zero attached hydrogens (tertiary/aromatic N) is 5. The van der Waals surface area contributed by atoms with E-state index in [1.165, 1.54) is 11.8 Å². The van der Waals surface area contributed by atoms with Gasteiger partial charge in [0.1, 0.15) is 17.5 Å². The fourth-order valence-corrected chi connectivity index (χ4v) is 5.39. The summed E-state index contributed by atoms with van der Waals surface area (Å²) < 4.78 is 17.5. The first-order valence-electron chi connectivity index (χ1n) is 18.0. The number of rotatable bonds is 19. The number of fused-ring (bicyclic) bond motifs is 1. The standard InChI is InChI=1S/C39H49N7O7/c1-5-7-9-12-24-51-39(50)44-37(40)28-15-18-30(19-16-28)42-26-34-43-31-25-29(17-20-32(31)45(34)4)38(49)46(33-13-10-11-22-41-33)23-21-36(48)53-27(3)52-35(47)14-8-6-2/h10-11,13,15-20,22,25,27,42H,5-9,12,14,21,23-24,26H2,1-4H3,(H2,40,44,50). The lowest BCUT2D eigenvalue weighted by molar-refractivity contribution is -0.184. The average molecular weight is 728 g/mol. The van der Waals surface area contributed by atoms with Gasteiger partial charge in [-0.3, -0.25) is 19.3 Å². The van der Waals surface area contributed by atoms with Crippen molar-refractivity contribution < 1.29 is 33.4 Å².